The number of nitrogens with one attached hydrogen (secondary N) is 4. The zero-order chi connectivity index (χ0) is 31.2. The van der Waals surface area contributed by atoms with Crippen molar-refractivity contribution in [1.29, 1.82) is 0 Å². The third kappa shape index (κ3) is 8.81. The van der Waals surface area contributed by atoms with E-state index in [1.54, 1.807) is 60.7 Å². The van der Waals surface area contributed by atoms with Crippen LogP contribution in [-0.2, 0) is 28.9 Å². The Morgan fingerprint density at radius 2 is 1.56 bits per heavy atom. The summed E-state index contributed by atoms with van der Waals surface area (Å²) in [6.45, 7) is 11.8. The number of thiazole rings is 1. The van der Waals surface area contributed by atoms with Crippen molar-refractivity contribution < 1.29 is 29.4 Å². The highest BCUT2D eigenvalue weighted by atomic mass is 32.1. The van der Waals surface area contributed by atoms with Gasteiger partial charge >= 0.3 is 12.2 Å². The molecule has 226 valence electrons. The number of carboxylic acid groups (broad SMARTS) is 2. The minimum Gasteiger partial charge on any atom is -0.465 e. The van der Waals surface area contributed by atoms with Gasteiger partial charge in [-0.05, 0) is 57.7 Å². The van der Waals surface area contributed by atoms with Crippen LogP contribution in [0.5, 0.6) is 0 Å². The Balaban J connectivity index is 2.34. The zero-order valence-electron chi connectivity index (χ0n) is 25.0. The average molecular weight is 591 g/mol. The number of hydrogen-bond donors (Lipinski definition) is 6. The van der Waals surface area contributed by atoms with Crippen LogP contribution in [0, 0.1) is 5.41 Å². The lowest BCUT2D eigenvalue weighted by Crippen LogP contribution is -2.76. The van der Waals surface area contributed by atoms with Crippen LogP contribution in [-0.4, -0.2) is 62.5 Å². The molecule has 0 aliphatic rings. The van der Waals surface area contributed by atoms with Crippen LogP contribution < -0.4 is 21.3 Å². The Kier molecular flexibility index (Phi) is 10.7. The minimum absolute atomic E-state index is 0.0786. The summed E-state index contributed by atoms with van der Waals surface area (Å²) in [4.78, 5) is 54.3. The maximum atomic E-state index is 12.5. The van der Waals surface area contributed by atoms with Crippen LogP contribution in [0.15, 0.2) is 24.3 Å². The van der Waals surface area contributed by atoms with Crippen LogP contribution in [0.25, 0.3) is 0 Å². The summed E-state index contributed by atoms with van der Waals surface area (Å²) in [6.07, 6.45) is -0.623. The topological polar surface area (TPSA) is 173 Å². The molecule has 41 heavy (non-hydrogen) atoms. The van der Waals surface area contributed by atoms with E-state index in [1.807, 2.05) is 12.1 Å². The van der Waals surface area contributed by atoms with Gasteiger partial charge in [0.25, 0.3) is 0 Å². The van der Waals surface area contributed by atoms with Gasteiger partial charge in [-0.25, -0.2) is 14.6 Å². The number of carbonyl (C=O) groups excluding carboxylic acids is 2. The first kappa shape index (κ1) is 33.3. The van der Waals surface area contributed by atoms with E-state index in [4.69, 9.17) is 0 Å². The summed E-state index contributed by atoms with van der Waals surface area (Å²) in [6, 6.07) is 7.31. The number of aromatic nitrogens is 1. The van der Waals surface area contributed by atoms with Crippen LogP contribution >= 0.6 is 11.3 Å². The van der Waals surface area contributed by atoms with E-state index >= 15 is 0 Å². The summed E-state index contributed by atoms with van der Waals surface area (Å²) in [5.74, 6) is -2.00. The van der Waals surface area contributed by atoms with Gasteiger partial charge in [-0.2, -0.15) is 0 Å². The molecular weight excluding hydrogens is 548 g/mol. The molecule has 13 heteroatoms. The summed E-state index contributed by atoms with van der Waals surface area (Å²) < 4.78 is 0. The number of hydrogen-bond acceptors (Lipinski definition) is 7. The quantitative estimate of drug-likeness (QED) is 0.204. The molecule has 2 aromatic rings. The molecule has 0 saturated carbocycles. The van der Waals surface area contributed by atoms with Crippen LogP contribution in [0.1, 0.15) is 71.0 Å². The molecule has 0 aliphatic carbocycles. The van der Waals surface area contributed by atoms with Gasteiger partial charge in [0.05, 0.1) is 5.69 Å². The number of aryl methyl sites for hydroxylation is 3. The highest BCUT2D eigenvalue weighted by Crippen LogP contribution is 2.39. The Labute approximate surface area is 244 Å². The van der Waals surface area contributed by atoms with E-state index < -0.39 is 28.9 Å². The second kappa shape index (κ2) is 13.2. The third-order valence-corrected chi connectivity index (χ3v) is 7.49. The number of carbonyl (C=O) groups is 4. The second-order valence-electron chi connectivity index (χ2n) is 11.7. The lowest BCUT2D eigenvalue weighted by molar-refractivity contribution is -0.120. The highest BCUT2D eigenvalue weighted by Gasteiger charge is 2.54. The van der Waals surface area contributed by atoms with Gasteiger partial charge in [0.15, 0.2) is 5.13 Å². The van der Waals surface area contributed by atoms with Gasteiger partial charge in [-0.1, -0.05) is 32.9 Å². The number of amides is 4. The van der Waals surface area contributed by atoms with Gasteiger partial charge in [0, 0.05) is 41.9 Å². The van der Waals surface area contributed by atoms with Crippen molar-refractivity contribution in [1.82, 2.24) is 20.5 Å². The Bertz CT molecular complexity index is 1250. The first-order valence-corrected chi connectivity index (χ1v) is 14.1. The molecule has 4 amide bonds. The predicted molar refractivity (Wildman–Crippen MR) is 159 cm³/mol. The first-order valence-electron chi connectivity index (χ1n) is 13.3. The fraction of sp³-hybridized carbons (Fsp3) is 0.536. The average Bonchev–Trinajstić information content (AvgIpc) is 3.20. The highest BCUT2D eigenvalue weighted by molar-refractivity contribution is 7.15. The maximum Gasteiger partial charge on any atom is 0.411 e. The summed E-state index contributed by atoms with van der Waals surface area (Å²) in [5.41, 5.74) is 0.454. The first-order chi connectivity index (χ1) is 18.9. The van der Waals surface area contributed by atoms with Crippen molar-refractivity contribution >= 4 is 46.2 Å². The molecule has 0 radical (unpaired) electrons. The molecule has 0 bridgehead atoms. The molecule has 0 fully saturated rings. The molecule has 1 heterocycles. The van der Waals surface area contributed by atoms with Crippen LogP contribution in [0.4, 0.5) is 20.4 Å². The van der Waals surface area contributed by atoms with Gasteiger partial charge in [0.2, 0.25) is 17.6 Å². The zero-order valence-corrected chi connectivity index (χ0v) is 25.8. The van der Waals surface area contributed by atoms with Crippen molar-refractivity contribution in [3.8, 4) is 0 Å². The SMILES string of the molecule is CNC(=O)CCc1sc(NC(C)=O)nc1CCc1ccc(NC(NC(=O)O)(N(C(=O)O)C(C)(C)C)C(C)(C)C)cc1. The Hall–Kier alpha value is -3.87. The predicted octanol–water partition coefficient (Wildman–Crippen LogP) is 4.72. The molecule has 12 nitrogen and oxygen atoms in total. The number of nitrogens with zero attached hydrogens (tertiary/aromatic N) is 2. The van der Waals surface area contributed by atoms with Gasteiger partial charge in [0.1, 0.15) is 0 Å². The van der Waals surface area contributed by atoms with Gasteiger partial charge in [-0.3, -0.25) is 19.8 Å². The number of rotatable bonds is 11. The summed E-state index contributed by atoms with van der Waals surface area (Å²) >= 11 is 1.36. The Morgan fingerprint density at radius 1 is 0.951 bits per heavy atom. The molecule has 0 spiro atoms. The largest absolute Gasteiger partial charge is 0.465 e. The standard InChI is InChI=1S/C28H42N6O6S/c1-17(35)30-23-31-20(21(41-23)15-16-22(36)29-8)14-11-18-9-12-19(13-10-18)32-28(26(2,3)4,33-24(37)38)34(25(39)40)27(5,6)7/h9-10,12-13,32-33H,11,14-16H2,1-8H3,(H,29,36)(H,37,38)(H,39,40)(H,30,31,35). The molecule has 1 unspecified atom stereocenters. The molecule has 2 rings (SSSR count). The maximum absolute atomic E-state index is 12.5. The number of anilines is 2. The lowest BCUT2D eigenvalue weighted by Gasteiger charge is -2.55. The molecule has 1 aromatic carbocycles. The van der Waals surface area contributed by atoms with E-state index in [0.29, 0.717) is 36.5 Å². The molecule has 0 saturated heterocycles. The van der Waals surface area contributed by atoms with Crippen molar-refractivity contribution in [2.75, 3.05) is 17.7 Å². The van der Waals surface area contributed by atoms with Crippen molar-refractivity contribution in [3.63, 3.8) is 0 Å². The van der Waals surface area contributed by atoms with E-state index in [-0.39, 0.29) is 11.8 Å². The molecule has 6 N–H and O–H groups in total. The third-order valence-electron chi connectivity index (χ3n) is 6.42. The van der Waals surface area contributed by atoms with Gasteiger partial charge < -0.3 is 26.2 Å². The molecular formula is C28H42N6O6S. The van der Waals surface area contributed by atoms with E-state index in [2.05, 4.69) is 26.3 Å². The summed E-state index contributed by atoms with van der Waals surface area (Å²) in [5, 5.41) is 31.4. The lowest BCUT2D eigenvalue weighted by atomic mass is 9.82. The fourth-order valence-corrected chi connectivity index (χ4v) is 5.55. The van der Waals surface area contributed by atoms with E-state index in [9.17, 15) is 29.4 Å². The van der Waals surface area contributed by atoms with Crippen LogP contribution in [0.2, 0.25) is 0 Å². The normalized spacial score (nSPS) is 13.1. The van der Waals surface area contributed by atoms with Gasteiger partial charge in [-0.15, -0.1) is 11.3 Å². The van der Waals surface area contributed by atoms with Crippen molar-refractivity contribution in [2.45, 2.75) is 85.5 Å². The van der Waals surface area contributed by atoms with Crippen molar-refractivity contribution in [3.05, 3.63) is 40.4 Å². The monoisotopic (exact) mass is 590 g/mol. The van der Waals surface area contributed by atoms with Crippen LogP contribution in [0.3, 0.4) is 0 Å². The van der Waals surface area contributed by atoms with E-state index in [0.717, 1.165) is 21.0 Å². The van der Waals surface area contributed by atoms with Crippen molar-refractivity contribution in [2.24, 2.45) is 5.41 Å². The van der Waals surface area contributed by atoms with E-state index in [1.165, 1.54) is 18.3 Å². The molecule has 0 aliphatic heterocycles. The fourth-order valence-electron chi connectivity index (χ4n) is 4.50. The Morgan fingerprint density at radius 3 is 2.02 bits per heavy atom. The molecule has 1 atom stereocenters. The summed E-state index contributed by atoms with van der Waals surface area (Å²) in [7, 11) is 1.59. The smallest absolute Gasteiger partial charge is 0.411 e. The second-order valence-corrected chi connectivity index (χ2v) is 12.8. The number of benzene rings is 1. The molecule has 1 aromatic heterocycles. The minimum atomic E-state index is -1.70.